The number of hydrogen-bond donors (Lipinski definition) is 0. The van der Waals surface area contributed by atoms with E-state index in [0.717, 1.165) is 72.0 Å². The molecule has 0 amide bonds. The molecule has 64 heavy (non-hydrogen) atoms. The standard InChI is InChI=1S/C60H41N3O/c1-60(2)51-23-10-9-20-48(51)55-47(21-12-24-52(55)60)42-30-26-41(27-31-42)45-34-35-53-50(37-45)56-49(22-13-25-54(56)64-53)59-62-57(43-32-28-40(29-33-43)38-14-5-3-6-15-38)61-58(63-59)46-19-11-18-44(36-46)39-16-7-4-8-17-39/h3-37H,1-2H3. The van der Waals surface area contributed by atoms with Gasteiger partial charge in [-0.15, -0.1) is 0 Å². The molecule has 2 heterocycles. The van der Waals surface area contributed by atoms with Crippen LogP contribution >= 0.6 is 0 Å². The van der Waals surface area contributed by atoms with E-state index in [2.05, 4.69) is 202 Å². The molecule has 0 unspecified atom stereocenters. The highest BCUT2D eigenvalue weighted by atomic mass is 16.3. The number of benzene rings is 9. The maximum atomic E-state index is 6.55. The van der Waals surface area contributed by atoms with E-state index < -0.39 is 0 Å². The summed E-state index contributed by atoms with van der Waals surface area (Å²) < 4.78 is 6.55. The molecule has 0 saturated heterocycles. The molecule has 2 aromatic heterocycles. The molecule has 0 atom stereocenters. The van der Waals surface area contributed by atoms with Gasteiger partial charge in [0.1, 0.15) is 11.2 Å². The maximum absolute atomic E-state index is 6.55. The van der Waals surface area contributed by atoms with Crippen molar-refractivity contribution in [3.8, 4) is 89.8 Å². The Morgan fingerprint density at radius 2 is 0.812 bits per heavy atom. The van der Waals surface area contributed by atoms with Crippen molar-refractivity contribution < 1.29 is 4.42 Å². The van der Waals surface area contributed by atoms with Crippen LogP contribution in [0.4, 0.5) is 0 Å². The van der Waals surface area contributed by atoms with Gasteiger partial charge in [-0.1, -0.05) is 202 Å². The fourth-order valence-electron chi connectivity index (χ4n) is 9.70. The molecule has 0 aliphatic heterocycles. The van der Waals surface area contributed by atoms with Gasteiger partial charge in [0, 0.05) is 32.9 Å². The third-order valence-corrected chi connectivity index (χ3v) is 13.0. The lowest BCUT2D eigenvalue weighted by Gasteiger charge is -2.21. The smallest absolute Gasteiger partial charge is 0.164 e. The van der Waals surface area contributed by atoms with Crippen LogP contribution in [0, 0.1) is 0 Å². The number of furan rings is 1. The second-order valence-electron chi connectivity index (χ2n) is 17.2. The van der Waals surface area contributed by atoms with Crippen LogP contribution in [0.15, 0.2) is 217 Å². The van der Waals surface area contributed by atoms with Crippen molar-refractivity contribution in [2.24, 2.45) is 0 Å². The van der Waals surface area contributed by atoms with E-state index in [4.69, 9.17) is 19.4 Å². The van der Waals surface area contributed by atoms with Gasteiger partial charge in [0.05, 0.1) is 0 Å². The topological polar surface area (TPSA) is 51.8 Å². The summed E-state index contributed by atoms with van der Waals surface area (Å²) in [6.07, 6.45) is 0. The van der Waals surface area contributed by atoms with E-state index in [0.29, 0.717) is 17.5 Å². The molecule has 4 nitrogen and oxygen atoms in total. The van der Waals surface area contributed by atoms with Gasteiger partial charge in [0.15, 0.2) is 17.5 Å². The first-order valence-corrected chi connectivity index (χ1v) is 21.8. The zero-order chi connectivity index (χ0) is 42.8. The lowest BCUT2D eigenvalue weighted by molar-refractivity contribution is 0.660. The number of fused-ring (bicyclic) bond motifs is 6. The first kappa shape index (κ1) is 37.5. The molecule has 1 aliphatic rings. The minimum absolute atomic E-state index is 0.0461. The molecular formula is C60H41N3O. The maximum Gasteiger partial charge on any atom is 0.164 e. The fraction of sp³-hybridized carbons (Fsp3) is 0.0500. The van der Waals surface area contributed by atoms with Crippen LogP contribution in [0.5, 0.6) is 0 Å². The highest BCUT2D eigenvalue weighted by molar-refractivity contribution is 6.13. The molecule has 4 heteroatoms. The molecule has 9 aromatic carbocycles. The Kier molecular flexibility index (Phi) is 8.80. The lowest BCUT2D eigenvalue weighted by atomic mass is 9.82. The van der Waals surface area contributed by atoms with Crippen molar-refractivity contribution in [1.29, 1.82) is 0 Å². The van der Waals surface area contributed by atoms with Gasteiger partial charge < -0.3 is 4.42 Å². The average molecular weight is 820 g/mol. The van der Waals surface area contributed by atoms with Gasteiger partial charge in [0.2, 0.25) is 0 Å². The molecule has 0 bridgehead atoms. The molecule has 0 radical (unpaired) electrons. The normalized spacial score (nSPS) is 12.7. The Bertz CT molecular complexity index is 3550. The van der Waals surface area contributed by atoms with E-state index in [1.165, 1.54) is 33.4 Å². The van der Waals surface area contributed by atoms with Gasteiger partial charge in [0.25, 0.3) is 0 Å². The van der Waals surface area contributed by atoms with Crippen molar-refractivity contribution in [1.82, 2.24) is 15.0 Å². The zero-order valence-electron chi connectivity index (χ0n) is 35.5. The van der Waals surface area contributed by atoms with Crippen LogP contribution in [-0.2, 0) is 5.41 Å². The van der Waals surface area contributed by atoms with Crippen molar-refractivity contribution >= 4 is 21.9 Å². The molecule has 12 rings (SSSR count). The summed E-state index contributed by atoms with van der Waals surface area (Å²) in [7, 11) is 0. The monoisotopic (exact) mass is 819 g/mol. The number of nitrogens with zero attached hydrogens (tertiary/aromatic N) is 3. The van der Waals surface area contributed by atoms with E-state index >= 15 is 0 Å². The van der Waals surface area contributed by atoms with Crippen LogP contribution in [0.25, 0.3) is 112 Å². The van der Waals surface area contributed by atoms with Crippen LogP contribution in [0.3, 0.4) is 0 Å². The Morgan fingerprint density at radius 3 is 1.58 bits per heavy atom. The summed E-state index contributed by atoms with van der Waals surface area (Å²) in [6.45, 7) is 4.67. The molecule has 0 N–H and O–H groups in total. The Balaban J connectivity index is 0.966. The van der Waals surface area contributed by atoms with Crippen molar-refractivity contribution in [2.75, 3.05) is 0 Å². The summed E-state index contributed by atoms with van der Waals surface area (Å²) in [5.74, 6) is 1.79. The third-order valence-electron chi connectivity index (χ3n) is 13.0. The van der Waals surface area contributed by atoms with E-state index in [9.17, 15) is 0 Å². The number of hydrogen-bond acceptors (Lipinski definition) is 4. The minimum atomic E-state index is -0.0461. The molecule has 11 aromatic rings. The predicted octanol–water partition coefficient (Wildman–Crippen LogP) is 15.7. The van der Waals surface area contributed by atoms with Gasteiger partial charge in [-0.3, -0.25) is 0 Å². The SMILES string of the molecule is CC1(C)c2ccccc2-c2c(-c3ccc(-c4ccc5oc6cccc(-c7nc(-c8ccc(-c9ccccc9)cc8)nc(-c8cccc(-c9ccccc9)c8)n7)c6c5c4)cc3)cccc21. The summed E-state index contributed by atoms with van der Waals surface area (Å²) in [6, 6.07) is 74.9. The number of rotatable bonds is 7. The highest BCUT2D eigenvalue weighted by Gasteiger charge is 2.36. The van der Waals surface area contributed by atoms with Crippen molar-refractivity contribution in [3.63, 3.8) is 0 Å². The largest absolute Gasteiger partial charge is 0.456 e. The third kappa shape index (κ3) is 6.34. The lowest BCUT2D eigenvalue weighted by Crippen LogP contribution is -2.14. The van der Waals surface area contributed by atoms with Gasteiger partial charge in [-0.25, -0.2) is 15.0 Å². The van der Waals surface area contributed by atoms with Crippen molar-refractivity contribution in [2.45, 2.75) is 19.3 Å². The van der Waals surface area contributed by atoms with Crippen molar-refractivity contribution in [3.05, 3.63) is 223 Å². The zero-order valence-corrected chi connectivity index (χ0v) is 35.5. The second-order valence-corrected chi connectivity index (χ2v) is 17.2. The molecule has 0 saturated carbocycles. The van der Waals surface area contributed by atoms with Crippen LogP contribution in [-0.4, -0.2) is 15.0 Å². The summed E-state index contributed by atoms with van der Waals surface area (Å²) in [4.78, 5) is 15.6. The summed E-state index contributed by atoms with van der Waals surface area (Å²) >= 11 is 0. The Morgan fingerprint density at radius 1 is 0.328 bits per heavy atom. The van der Waals surface area contributed by atoms with E-state index in [-0.39, 0.29) is 5.41 Å². The van der Waals surface area contributed by atoms with Crippen LogP contribution < -0.4 is 0 Å². The molecule has 0 spiro atoms. The van der Waals surface area contributed by atoms with E-state index in [1.54, 1.807) is 0 Å². The van der Waals surface area contributed by atoms with Crippen LogP contribution in [0.1, 0.15) is 25.0 Å². The van der Waals surface area contributed by atoms with Gasteiger partial charge >= 0.3 is 0 Å². The Hall–Kier alpha value is -8.21. The first-order valence-electron chi connectivity index (χ1n) is 21.8. The molecule has 1 aliphatic carbocycles. The molecule has 0 fully saturated rings. The van der Waals surface area contributed by atoms with E-state index in [1.807, 2.05) is 24.3 Å². The average Bonchev–Trinajstić information content (AvgIpc) is 3.86. The quantitative estimate of drug-likeness (QED) is 0.161. The Labute approximate surface area is 372 Å². The summed E-state index contributed by atoms with van der Waals surface area (Å²) in [5, 5.41) is 1.98. The van der Waals surface area contributed by atoms with Gasteiger partial charge in [-0.2, -0.15) is 0 Å². The van der Waals surface area contributed by atoms with Crippen LogP contribution in [0.2, 0.25) is 0 Å². The predicted molar refractivity (Wildman–Crippen MR) is 263 cm³/mol. The second kappa shape index (κ2) is 15.0. The summed E-state index contributed by atoms with van der Waals surface area (Å²) in [5.41, 5.74) is 18.9. The minimum Gasteiger partial charge on any atom is -0.456 e. The molecule has 302 valence electrons. The fourth-order valence-corrected chi connectivity index (χ4v) is 9.70. The first-order chi connectivity index (χ1) is 31.5. The number of aromatic nitrogens is 3. The highest BCUT2D eigenvalue weighted by Crippen LogP contribution is 2.52. The molecular weight excluding hydrogens is 779 g/mol. The van der Waals surface area contributed by atoms with Gasteiger partial charge in [-0.05, 0) is 91.0 Å².